The minimum absolute atomic E-state index is 0.0979. The molecule has 3 fully saturated rings. The highest BCUT2D eigenvalue weighted by Gasteiger charge is 2.58. The van der Waals surface area contributed by atoms with E-state index in [1.165, 1.54) is 23.5 Å². The highest BCUT2D eigenvalue weighted by Crippen LogP contribution is 2.47. The Hall–Kier alpha value is -4.01. The minimum atomic E-state index is -1.10. The summed E-state index contributed by atoms with van der Waals surface area (Å²) in [6.07, 6.45) is 1.88. The minimum Gasteiger partial charge on any atom is -0.380 e. The van der Waals surface area contributed by atoms with E-state index < -0.39 is 5.60 Å². The van der Waals surface area contributed by atoms with Gasteiger partial charge >= 0.3 is 0 Å². The van der Waals surface area contributed by atoms with Gasteiger partial charge in [-0.1, -0.05) is 18.3 Å². The number of nitriles is 1. The number of aromatic nitrogens is 3. The van der Waals surface area contributed by atoms with Gasteiger partial charge in [-0.2, -0.15) is 10.4 Å². The van der Waals surface area contributed by atoms with Gasteiger partial charge in [0, 0.05) is 55.6 Å². The third kappa shape index (κ3) is 4.08. The molecule has 1 aliphatic carbocycles. The van der Waals surface area contributed by atoms with Gasteiger partial charge < -0.3 is 19.8 Å². The van der Waals surface area contributed by atoms with Crippen LogP contribution in [-0.2, 0) is 11.2 Å². The summed E-state index contributed by atoms with van der Waals surface area (Å²) in [6, 6.07) is 12.6. The number of pyridine rings is 1. The van der Waals surface area contributed by atoms with Crippen molar-refractivity contribution in [3.05, 3.63) is 58.5 Å². The van der Waals surface area contributed by atoms with Gasteiger partial charge in [0.1, 0.15) is 28.1 Å². The largest absolute Gasteiger partial charge is 0.380 e. The Bertz CT molecular complexity index is 1740. The molecule has 1 amide bonds. The molecule has 41 heavy (non-hydrogen) atoms. The second kappa shape index (κ2) is 8.99. The topological polar surface area (TPSA) is 101 Å². The number of hydrogen-bond acceptors (Lipinski definition) is 8. The summed E-state index contributed by atoms with van der Waals surface area (Å²) in [5, 5.41) is 25.6. The van der Waals surface area contributed by atoms with Crippen LogP contribution in [0.15, 0.2) is 36.4 Å². The summed E-state index contributed by atoms with van der Waals surface area (Å²) in [6.45, 7) is 7.25. The van der Waals surface area contributed by atoms with Crippen molar-refractivity contribution >= 4 is 39.3 Å². The number of carbonyl (C=O) groups is 1. The molecule has 0 atom stereocenters. The lowest BCUT2D eigenvalue weighted by atomic mass is 9.72. The van der Waals surface area contributed by atoms with Crippen molar-refractivity contribution in [1.29, 1.82) is 5.26 Å². The fourth-order valence-electron chi connectivity index (χ4n) is 6.22. The molecule has 1 saturated carbocycles. The van der Waals surface area contributed by atoms with Crippen LogP contribution in [0.2, 0.25) is 0 Å². The molecular formula is C30H30FN7O2S. The molecule has 11 heteroatoms. The van der Waals surface area contributed by atoms with Crippen molar-refractivity contribution in [2.75, 3.05) is 43.0 Å². The first-order valence-corrected chi connectivity index (χ1v) is 14.6. The van der Waals surface area contributed by atoms with E-state index in [9.17, 15) is 19.6 Å². The first kappa shape index (κ1) is 25.9. The second-order valence-electron chi connectivity index (χ2n) is 11.7. The fraction of sp³-hybridized carbons (Fsp3) is 0.400. The molecule has 3 aliphatic rings. The van der Waals surface area contributed by atoms with Crippen LogP contribution in [0.4, 0.5) is 20.9 Å². The molecule has 0 bridgehead atoms. The van der Waals surface area contributed by atoms with E-state index in [4.69, 9.17) is 10.1 Å². The normalized spacial score (nSPS) is 18.2. The van der Waals surface area contributed by atoms with Crippen LogP contribution in [0.1, 0.15) is 36.0 Å². The number of likely N-dealkylation sites (tertiary alicyclic amines) is 1. The molecule has 9 nitrogen and oxygen atoms in total. The van der Waals surface area contributed by atoms with E-state index >= 15 is 0 Å². The summed E-state index contributed by atoms with van der Waals surface area (Å²) < 4.78 is 15.5. The van der Waals surface area contributed by atoms with E-state index in [-0.39, 0.29) is 17.1 Å². The van der Waals surface area contributed by atoms with Crippen LogP contribution in [-0.4, -0.2) is 69.3 Å². The number of fused-ring (bicyclic) bond motifs is 1. The summed E-state index contributed by atoms with van der Waals surface area (Å²) in [7, 11) is 1.94. The van der Waals surface area contributed by atoms with Gasteiger partial charge in [0.25, 0.3) is 5.91 Å². The average Bonchev–Trinajstić information content (AvgIpc) is 3.36. The molecular weight excluding hydrogens is 541 g/mol. The highest BCUT2D eigenvalue weighted by atomic mass is 32.1. The number of aliphatic hydroxyl groups is 1. The maximum Gasteiger partial charge on any atom is 0.254 e. The summed E-state index contributed by atoms with van der Waals surface area (Å²) in [5.41, 5.74) is 5.18. The van der Waals surface area contributed by atoms with Gasteiger partial charge in [-0.25, -0.2) is 13.9 Å². The van der Waals surface area contributed by atoms with Crippen LogP contribution in [0.25, 0.3) is 16.8 Å². The van der Waals surface area contributed by atoms with E-state index in [0.717, 1.165) is 47.8 Å². The van der Waals surface area contributed by atoms with Crippen LogP contribution in [0.5, 0.6) is 0 Å². The van der Waals surface area contributed by atoms with Crippen molar-refractivity contribution in [3.63, 3.8) is 0 Å². The standard InChI is InChI=1S/C30H30FN7O2S/c1-4-22-26(35(3)28-33-25(24(13-32)41-28)19-5-7-20(31)8-6-19)23-12-21(11-18(2)38(23)34-22)36-14-29(15-36)16-37(17-29)27(39)30(40)9-10-30/h5-8,11-12,40H,4,9-10,14-17H2,1-3H3. The van der Waals surface area contributed by atoms with Gasteiger partial charge in [-0.15, -0.1) is 0 Å². The molecule has 4 aromatic rings. The van der Waals surface area contributed by atoms with Crippen molar-refractivity contribution in [2.45, 2.75) is 38.7 Å². The number of anilines is 3. The molecule has 2 saturated heterocycles. The highest BCUT2D eigenvalue weighted by molar-refractivity contribution is 7.16. The number of benzene rings is 1. The van der Waals surface area contributed by atoms with Crippen molar-refractivity contribution < 1.29 is 14.3 Å². The lowest BCUT2D eigenvalue weighted by molar-refractivity contribution is -0.156. The van der Waals surface area contributed by atoms with Gasteiger partial charge in [0.2, 0.25) is 0 Å². The van der Waals surface area contributed by atoms with Gasteiger partial charge in [-0.3, -0.25) is 4.79 Å². The molecule has 3 aromatic heterocycles. The summed E-state index contributed by atoms with van der Waals surface area (Å²) in [4.78, 5) is 23.9. The number of thiazole rings is 1. The first-order valence-electron chi connectivity index (χ1n) is 13.8. The molecule has 1 N–H and O–H groups in total. The van der Waals surface area contributed by atoms with E-state index in [2.05, 4.69) is 30.0 Å². The molecule has 1 aromatic carbocycles. The molecule has 210 valence electrons. The van der Waals surface area contributed by atoms with Crippen LogP contribution in [0, 0.1) is 29.5 Å². The molecule has 2 aliphatic heterocycles. The number of halogens is 1. The maximum absolute atomic E-state index is 13.5. The third-order valence-electron chi connectivity index (χ3n) is 8.61. The number of hydrogen-bond donors (Lipinski definition) is 1. The van der Waals surface area contributed by atoms with Crippen molar-refractivity contribution in [2.24, 2.45) is 5.41 Å². The smallest absolute Gasteiger partial charge is 0.254 e. The molecule has 0 unspecified atom stereocenters. The second-order valence-corrected chi connectivity index (χ2v) is 12.7. The van der Waals surface area contributed by atoms with Crippen LogP contribution < -0.4 is 9.80 Å². The SMILES string of the molecule is CCc1nn2c(C)cc(N3CC4(CN(C(=O)C5(O)CC5)C4)C3)cc2c1N(C)c1nc(-c2ccc(F)cc2)c(C#N)s1. The lowest BCUT2D eigenvalue weighted by Crippen LogP contribution is -2.74. The number of aryl methyl sites for hydroxylation is 2. The molecule has 0 radical (unpaired) electrons. The number of amides is 1. The Kier molecular flexibility index (Phi) is 5.69. The Morgan fingerprint density at radius 1 is 1.20 bits per heavy atom. The predicted molar refractivity (Wildman–Crippen MR) is 155 cm³/mol. The fourth-order valence-corrected chi connectivity index (χ4v) is 7.07. The Labute approximate surface area is 241 Å². The predicted octanol–water partition coefficient (Wildman–Crippen LogP) is 4.28. The van der Waals surface area contributed by atoms with Gasteiger partial charge in [-0.05, 0) is 62.6 Å². The summed E-state index contributed by atoms with van der Waals surface area (Å²) in [5.74, 6) is -0.444. The number of rotatable bonds is 6. The Morgan fingerprint density at radius 2 is 1.90 bits per heavy atom. The zero-order valence-electron chi connectivity index (χ0n) is 23.2. The van der Waals surface area contributed by atoms with E-state index in [1.807, 2.05) is 23.4 Å². The zero-order chi connectivity index (χ0) is 28.7. The summed E-state index contributed by atoms with van der Waals surface area (Å²) >= 11 is 1.30. The molecule has 7 rings (SSSR count). The van der Waals surface area contributed by atoms with Crippen molar-refractivity contribution in [1.82, 2.24) is 19.5 Å². The zero-order valence-corrected chi connectivity index (χ0v) is 24.0. The van der Waals surface area contributed by atoms with Crippen LogP contribution in [0.3, 0.4) is 0 Å². The number of nitrogens with zero attached hydrogens (tertiary/aromatic N) is 7. The monoisotopic (exact) mass is 571 g/mol. The molecule has 1 spiro atoms. The average molecular weight is 572 g/mol. The maximum atomic E-state index is 13.5. The van der Waals surface area contributed by atoms with Gasteiger partial charge in [0.15, 0.2) is 5.13 Å². The lowest BCUT2D eigenvalue weighted by Gasteiger charge is -2.61. The van der Waals surface area contributed by atoms with Crippen molar-refractivity contribution in [3.8, 4) is 17.3 Å². The van der Waals surface area contributed by atoms with Gasteiger partial charge in [0.05, 0.1) is 16.9 Å². The first-order chi connectivity index (χ1) is 19.6. The quantitative estimate of drug-likeness (QED) is 0.369. The van der Waals surface area contributed by atoms with E-state index in [0.29, 0.717) is 47.2 Å². The third-order valence-corrected chi connectivity index (χ3v) is 9.65. The van der Waals surface area contributed by atoms with E-state index in [1.54, 1.807) is 17.0 Å². The molecule has 5 heterocycles. The Balaban J connectivity index is 1.18. The Morgan fingerprint density at radius 3 is 2.54 bits per heavy atom. The number of carbonyl (C=O) groups excluding carboxylic acids is 1. The van der Waals surface area contributed by atoms with Crippen LogP contribution >= 0.6 is 11.3 Å².